The van der Waals surface area contributed by atoms with Crippen molar-refractivity contribution in [3.8, 4) is 0 Å². The molecule has 7 heteroatoms. The van der Waals surface area contributed by atoms with Crippen LogP contribution in [0.15, 0.2) is 21.5 Å². The Bertz CT molecular complexity index is 540. The Labute approximate surface area is 102 Å². The number of nitrogens with two attached hydrogens (primary N) is 1. The molecule has 0 atom stereocenters. The van der Waals surface area contributed by atoms with E-state index in [1.807, 2.05) is 0 Å². The highest BCUT2D eigenvalue weighted by Crippen LogP contribution is 2.24. The first-order valence-corrected chi connectivity index (χ1v) is 6.66. The predicted molar refractivity (Wildman–Crippen MR) is 63.6 cm³/mol. The fourth-order valence-corrected chi connectivity index (χ4v) is 2.36. The zero-order valence-corrected chi connectivity index (χ0v) is 11.1. The number of hydrogen-bond acceptors (Lipinski definition) is 3. The van der Waals surface area contributed by atoms with Gasteiger partial charge in [-0.2, -0.15) is 0 Å². The lowest BCUT2D eigenvalue weighted by molar-refractivity contribution is 0.0962. The monoisotopic (exact) mass is 306 g/mol. The zero-order chi connectivity index (χ0) is 12.5. The van der Waals surface area contributed by atoms with Gasteiger partial charge in [0.25, 0.3) is 5.91 Å². The minimum atomic E-state index is -3.82. The molecular formula is C9H11BrN2O3S. The van der Waals surface area contributed by atoms with Crippen LogP contribution in [0.1, 0.15) is 15.9 Å². The lowest BCUT2D eigenvalue weighted by atomic mass is 10.1. The average molecular weight is 307 g/mol. The molecule has 1 rings (SSSR count). The summed E-state index contributed by atoms with van der Waals surface area (Å²) < 4.78 is 22.9. The van der Waals surface area contributed by atoms with Crippen molar-refractivity contribution in [2.24, 2.45) is 5.14 Å². The van der Waals surface area contributed by atoms with Crippen molar-refractivity contribution in [3.05, 3.63) is 27.7 Å². The van der Waals surface area contributed by atoms with E-state index in [2.05, 4.69) is 21.2 Å². The van der Waals surface area contributed by atoms with Crippen LogP contribution in [-0.2, 0) is 10.0 Å². The highest BCUT2D eigenvalue weighted by molar-refractivity contribution is 9.10. The number of nitrogens with one attached hydrogen (secondary N) is 1. The second-order valence-corrected chi connectivity index (χ2v) is 5.62. The van der Waals surface area contributed by atoms with Crippen LogP contribution in [-0.4, -0.2) is 21.4 Å². The van der Waals surface area contributed by atoms with Crippen LogP contribution in [0, 0.1) is 6.92 Å². The molecule has 1 aromatic rings. The molecule has 0 fully saturated rings. The van der Waals surface area contributed by atoms with Crippen molar-refractivity contribution in [3.63, 3.8) is 0 Å². The molecule has 0 aromatic heterocycles. The van der Waals surface area contributed by atoms with Crippen molar-refractivity contribution in [2.75, 3.05) is 7.05 Å². The molecule has 0 aliphatic heterocycles. The molecule has 1 amide bonds. The van der Waals surface area contributed by atoms with Gasteiger partial charge >= 0.3 is 0 Å². The van der Waals surface area contributed by atoms with Crippen molar-refractivity contribution >= 4 is 31.9 Å². The van der Waals surface area contributed by atoms with E-state index in [-0.39, 0.29) is 16.4 Å². The Balaban J connectivity index is 3.51. The van der Waals surface area contributed by atoms with Crippen molar-refractivity contribution in [1.82, 2.24) is 5.32 Å². The molecule has 0 bridgehead atoms. The van der Waals surface area contributed by atoms with Crippen molar-refractivity contribution in [2.45, 2.75) is 11.8 Å². The standard InChI is InChI=1S/C9H11BrN2O3S/c1-5-7(9(13)12-2)3-6(4-8(5)10)16(11,14)15/h3-4H,1-2H3,(H,12,13)(H2,11,14,15). The number of rotatable bonds is 2. The predicted octanol–water partition coefficient (Wildman–Crippen LogP) is 0.765. The molecule has 3 N–H and O–H groups in total. The van der Waals surface area contributed by atoms with Gasteiger partial charge in [0.05, 0.1) is 4.90 Å². The quantitative estimate of drug-likeness (QED) is 0.845. The molecule has 5 nitrogen and oxygen atoms in total. The highest BCUT2D eigenvalue weighted by Gasteiger charge is 2.16. The number of hydrogen-bond donors (Lipinski definition) is 2. The molecule has 0 unspecified atom stereocenters. The average Bonchev–Trinajstić information content (AvgIpc) is 2.19. The smallest absolute Gasteiger partial charge is 0.251 e. The third-order valence-corrected chi connectivity index (χ3v) is 3.83. The Morgan fingerprint density at radius 3 is 2.44 bits per heavy atom. The van der Waals surface area contributed by atoms with Gasteiger partial charge in [0, 0.05) is 17.1 Å². The molecule has 0 saturated heterocycles. The second kappa shape index (κ2) is 4.52. The van der Waals surface area contributed by atoms with Gasteiger partial charge in [-0.05, 0) is 24.6 Å². The van der Waals surface area contributed by atoms with Crippen LogP contribution in [0.5, 0.6) is 0 Å². The van der Waals surface area contributed by atoms with E-state index in [4.69, 9.17) is 5.14 Å². The Kier molecular flexibility index (Phi) is 3.72. The number of amides is 1. The first-order chi connectivity index (χ1) is 7.27. The highest BCUT2D eigenvalue weighted by atomic mass is 79.9. The summed E-state index contributed by atoms with van der Waals surface area (Å²) >= 11 is 3.19. The summed E-state index contributed by atoms with van der Waals surface area (Å²) in [7, 11) is -2.34. The molecule has 0 aliphatic rings. The SMILES string of the molecule is CNC(=O)c1cc(S(N)(=O)=O)cc(Br)c1C. The summed E-state index contributed by atoms with van der Waals surface area (Å²) in [4.78, 5) is 11.4. The maximum Gasteiger partial charge on any atom is 0.251 e. The van der Waals surface area contributed by atoms with Crippen LogP contribution in [0.25, 0.3) is 0 Å². The van der Waals surface area contributed by atoms with Crippen molar-refractivity contribution in [1.29, 1.82) is 0 Å². The fourth-order valence-electron chi connectivity index (χ4n) is 1.19. The van der Waals surface area contributed by atoms with Crippen LogP contribution in [0.3, 0.4) is 0 Å². The number of benzene rings is 1. The van der Waals surface area contributed by atoms with Crippen LogP contribution in [0.4, 0.5) is 0 Å². The maximum atomic E-state index is 11.5. The number of primary sulfonamides is 1. The van der Waals surface area contributed by atoms with E-state index in [1.54, 1.807) is 6.92 Å². The lowest BCUT2D eigenvalue weighted by Crippen LogP contribution is -2.20. The summed E-state index contributed by atoms with van der Waals surface area (Å²) in [6.07, 6.45) is 0. The molecule has 0 aliphatic carbocycles. The maximum absolute atomic E-state index is 11.5. The summed E-state index contributed by atoms with van der Waals surface area (Å²) in [5, 5.41) is 7.44. The molecule has 0 saturated carbocycles. The van der Waals surface area contributed by atoms with E-state index in [0.717, 1.165) is 0 Å². The second-order valence-electron chi connectivity index (χ2n) is 3.20. The molecule has 0 radical (unpaired) electrons. The minimum Gasteiger partial charge on any atom is -0.355 e. The number of halogens is 1. The Hall–Kier alpha value is -0.920. The summed E-state index contributed by atoms with van der Waals surface area (Å²) in [6.45, 7) is 1.71. The first kappa shape index (κ1) is 13.1. The van der Waals surface area contributed by atoms with Crippen LogP contribution >= 0.6 is 15.9 Å². The number of carbonyl (C=O) groups excluding carboxylic acids is 1. The minimum absolute atomic E-state index is 0.0939. The van der Waals surface area contributed by atoms with Gasteiger partial charge in [-0.25, -0.2) is 13.6 Å². The van der Waals surface area contributed by atoms with Crippen LogP contribution < -0.4 is 10.5 Å². The summed E-state index contributed by atoms with van der Waals surface area (Å²) in [5.74, 6) is -0.358. The van der Waals surface area contributed by atoms with Crippen molar-refractivity contribution < 1.29 is 13.2 Å². The van der Waals surface area contributed by atoms with E-state index >= 15 is 0 Å². The van der Waals surface area contributed by atoms with E-state index in [1.165, 1.54) is 19.2 Å². The molecule has 16 heavy (non-hydrogen) atoms. The third-order valence-electron chi connectivity index (χ3n) is 2.12. The third kappa shape index (κ3) is 2.60. The normalized spacial score (nSPS) is 11.2. The van der Waals surface area contributed by atoms with E-state index < -0.39 is 10.0 Å². The van der Waals surface area contributed by atoms with Gasteiger partial charge in [0.1, 0.15) is 0 Å². The van der Waals surface area contributed by atoms with Crippen LogP contribution in [0.2, 0.25) is 0 Å². The van der Waals surface area contributed by atoms with Gasteiger partial charge < -0.3 is 5.32 Å². The summed E-state index contributed by atoms with van der Waals surface area (Å²) in [6, 6.07) is 2.63. The fraction of sp³-hybridized carbons (Fsp3) is 0.222. The molecule has 1 aromatic carbocycles. The molecule has 0 heterocycles. The van der Waals surface area contributed by atoms with Gasteiger partial charge in [0.2, 0.25) is 10.0 Å². The van der Waals surface area contributed by atoms with Gasteiger partial charge in [-0.3, -0.25) is 4.79 Å². The van der Waals surface area contributed by atoms with Gasteiger partial charge in [-0.15, -0.1) is 0 Å². The Morgan fingerprint density at radius 1 is 1.44 bits per heavy atom. The lowest BCUT2D eigenvalue weighted by Gasteiger charge is -2.08. The first-order valence-electron chi connectivity index (χ1n) is 4.32. The number of sulfonamides is 1. The van der Waals surface area contributed by atoms with E-state index in [0.29, 0.717) is 10.0 Å². The Morgan fingerprint density at radius 2 is 2.00 bits per heavy atom. The summed E-state index contributed by atoms with van der Waals surface area (Å²) in [5.41, 5.74) is 0.938. The topological polar surface area (TPSA) is 89.3 Å². The number of carbonyl (C=O) groups is 1. The molecule has 0 spiro atoms. The largest absolute Gasteiger partial charge is 0.355 e. The van der Waals surface area contributed by atoms with Gasteiger partial charge in [0.15, 0.2) is 0 Å². The molecule has 88 valence electrons. The van der Waals surface area contributed by atoms with E-state index in [9.17, 15) is 13.2 Å². The van der Waals surface area contributed by atoms with Gasteiger partial charge in [-0.1, -0.05) is 15.9 Å². The molecular weight excluding hydrogens is 296 g/mol. The zero-order valence-electron chi connectivity index (χ0n) is 8.74.